The van der Waals surface area contributed by atoms with Crippen LogP contribution in [0.4, 0.5) is 10.1 Å². The number of nitrogens with one attached hydrogen (secondary N) is 1. The molecule has 2 aromatic carbocycles. The van der Waals surface area contributed by atoms with Crippen molar-refractivity contribution >= 4 is 33.2 Å². The molecule has 0 aliphatic rings. The first-order valence-electron chi connectivity index (χ1n) is 5.50. The third kappa shape index (κ3) is 3.24. The van der Waals surface area contributed by atoms with E-state index in [0.717, 1.165) is 21.8 Å². The van der Waals surface area contributed by atoms with Crippen molar-refractivity contribution in [3.8, 4) is 0 Å². The minimum absolute atomic E-state index is 0.271. The van der Waals surface area contributed by atoms with E-state index in [1.54, 1.807) is 6.07 Å². The molecular weight excluding hydrogens is 317 g/mol. The van der Waals surface area contributed by atoms with Crippen LogP contribution >= 0.6 is 27.5 Å². The molecular formula is C14H12BrClFN. The van der Waals surface area contributed by atoms with Crippen molar-refractivity contribution in [2.24, 2.45) is 0 Å². The Morgan fingerprint density at radius 3 is 2.67 bits per heavy atom. The van der Waals surface area contributed by atoms with Crippen LogP contribution in [0.1, 0.15) is 11.1 Å². The summed E-state index contributed by atoms with van der Waals surface area (Å²) in [5, 5.41) is 3.91. The maximum atomic E-state index is 13.3. The number of hydrogen-bond acceptors (Lipinski definition) is 1. The Morgan fingerprint density at radius 2 is 2.00 bits per heavy atom. The zero-order chi connectivity index (χ0) is 13.1. The van der Waals surface area contributed by atoms with Crippen molar-refractivity contribution in [1.29, 1.82) is 0 Å². The van der Waals surface area contributed by atoms with Crippen LogP contribution in [0.25, 0.3) is 0 Å². The van der Waals surface area contributed by atoms with Crippen LogP contribution in [0, 0.1) is 12.7 Å². The Balaban J connectivity index is 2.09. The quantitative estimate of drug-likeness (QED) is 0.820. The minimum atomic E-state index is -0.271. The average molecular weight is 329 g/mol. The van der Waals surface area contributed by atoms with Gasteiger partial charge in [0, 0.05) is 17.3 Å². The summed E-state index contributed by atoms with van der Waals surface area (Å²) in [7, 11) is 0. The van der Waals surface area contributed by atoms with Gasteiger partial charge in [0.2, 0.25) is 0 Å². The summed E-state index contributed by atoms with van der Waals surface area (Å²) in [5.41, 5.74) is 3.01. The molecule has 0 fully saturated rings. The van der Waals surface area contributed by atoms with Crippen molar-refractivity contribution in [2.75, 3.05) is 5.32 Å². The summed E-state index contributed by atoms with van der Waals surface area (Å²) < 4.78 is 13.8. The number of hydrogen-bond donors (Lipinski definition) is 1. The molecule has 1 nitrogen and oxygen atoms in total. The van der Waals surface area contributed by atoms with Gasteiger partial charge in [-0.3, -0.25) is 0 Å². The van der Waals surface area contributed by atoms with Crippen molar-refractivity contribution in [3.05, 3.63) is 62.8 Å². The lowest BCUT2D eigenvalue weighted by Crippen LogP contribution is -2.01. The Bertz CT molecular complexity index is 572. The molecule has 0 amide bonds. The van der Waals surface area contributed by atoms with E-state index in [1.807, 2.05) is 31.2 Å². The van der Waals surface area contributed by atoms with Crippen LogP contribution in [-0.4, -0.2) is 0 Å². The van der Waals surface area contributed by atoms with E-state index in [9.17, 15) is 4.39 Å². The third-order valence-corrected chi connectivity index (χ3v) is 3.59. The fraction of sp³-hybridized carbons (Fsp3) is 0.143. The second kappa shape index (κ2) is 5.72. The molecule has 0 saturated carbocycles. The summed E-state index contributed by atoms with van der Waals surface area (Å²) in [6, 6.07) is 10.7. The van der Waals surface area contributed by atoms with E-state index >= 15 is 0 Å². The second-order valence-electron chi connectivity index (χ2n) is 4.05. The molecule has 0 unspecified atom stereocenters. The van der Waals surface area contributed by atoms with Crippen molar-refractivity contribution < 1.29 is 4.39 Å². The molecule has 18 heavy (non-hydrogen) atoms. The van der Waals surface area contributed by atoms with E-state index in [0.29, 0.717) is 11.0 Å². The standard InChI is InChI=1S/C14H12BrClFN/c1-9-6-11(16)3-2-10(9)8-18-12-4-5-13(15)14(17)7-12/h2-7,18H,8H2,1H3. The zero-order valence-electron chi connectivity index (χ0n) is 9.81. The maximum Gasteiger partial charge on any atom is 0.139 e. The Morgan fingerprint density at radius 1 is 1.22 bits per heavy atom. The van der Waals surface area contributed by atoms with Gasteiger partial charge >= 0.3 is 0 Å². The summed E-state index contributed by atoms with van der Waals surface area (Å²) in [4.78, 5) is 0. The fourth-order valence-corrected chi connectivity index (χ4v) is 2.13. The third-order valence-electron chi connectivity index (χ3n) is 2.71. The highest BCUT2D eigenvalue weighted by atomic mass is 79.9. The van der Waals surface area contributed by atoms with Crippen molar-refractivity contribution in [3.63, 3.8) is 0 Å². The largest absolute Gasteiger partial charge is 0.381 e. The summed E-state index contributed by atoms with van der Waals surface area (Å²) >= 11 is 9.02. The number of aryl methyl sites for hydroxylation is 1. The van der Waals surface area contributed by atoms with E-state index in [-0.39, 0.29) is 5.82 Å². The lowest BCUT2D eigenvalue weighted by Gasteiger charge is -2.10. The number of halogens is 3. The second-order valence-corrected chi connectivity index (χ2v) is 5.34. The van der Waals surface area contributed by atoms with Gasteiger partial charge in [0.05, 0.1) is 4.47 Å². The van der Waals surface area contributed by atoms with Crippen LogP contribution in [0.5, 0.6) is 0 Å². The average Bonchev–Trinajstić information content (AvgIpc) is 2.32. The molecule has 2 rings (SSSR count). The number of benzene rings is 2. The first kappa shape index (κ1) is 13.4. The molecule has 0 atom stereocenters. The molecule has 0 bridgehead atoms. The van der Waals surface area contributed by atoms with E-state index < -0.39 is 0 Å². The molecule has 2 aromatic rings. The number of anilines is 1. The molecule has 0 aromatic heterocycles. The van der Waals surface area contributed by atoms with Crippen LogP contribution in [0.3, 0.4) is 0 Å². The van der Waals surface area contributed by atoms with Crippen LogP contribution in [0.15, 0.2) is 40.9 Å². The molecule has 94 valence electrons. The molecule has 0 aliphatic carbocycles. The Hall–Kier alpha value is -1.06. The molecule has 0 aliphatic heterocycles. The van der Waals surface area contributed by atoms with Gasteiger partial charge in [0.1, 0.15) is 5.82 Å². The molecule has 1 N–H and O–H groups in total. The molecule has 0 spiro atoms. The van der Waals surface area contributed by atoms with Gasteiger partial charge in [-0.2, -0.15) is 0 Å². The summed E-state index contributed by atoms with van der Waals surface area (Å²) in [6.07, 6.45) is 0. The Kier molecular flexibility index (Phi) is 4.25. The van der Waals surface area contributed by atoms with E-state index in [2.05, 4.69) is 21.2 Å². The van der Waals surface area contributed by atoms with Gasteiger partial charge in [-0.15, -0.1) is 0 Å². The zero-order valence-corrected chi connectivity index (χ0v) is 12.1. The number of rotatable bonds is 3. The van der Waals surface area contributed by atoms with Crippen LogP contribution < -0.4 is 5.32 Å². The van der Waals surface area contributed by atoms with E-state index in [1.165, 1.54) is 6.07 Å². The lowest BCUT2D eigenvalue weighted by atomic mass is 10.1. The van der Waals surface area contributed by atoms with Crippen LogP contribution in [0.2, 0.25) is 5.02 Å². The minimum Gasteiger partial charge on any atom is -0.381 e. The molecule has 0 heterocycles. The summed E-state index contributed by atoms with van der Waals surface area (Å²) in [5.74, 6) is -0.271. The molecule has 4 heteroatoms. The van der Waals surface area contributed by atoms with Gasteiger partial charge < -0.3 is 5.32 Å². The highest BCUT2D eigenvalue weighted by Crippen LogP contribution is 2.21. The first-order chi connectivity index (χ1) is 8.56. The smallest absolute Gasteiger partial charge is 0.139 e. The monoisotopic (exact) mass is 327 g/mol. The van der Waals surface area contributed by atoms with Crippen LogP contribution in [-0.2, 0) is 6.54 Å². The normalized spacial score (nSPS) is 10.4. The summed E-state index contributed by atoms with van der Waals surface area (Å²) in [6.45, 7) is 2.65. The first-order valence-corrected chi connectivity index (χ1v) is 6.67. The fourth-order valence-electron chi connectivity index (χ4n) is 1.66. The molecule has 0 radical (unpaired) electrons. The van der Waals surface area contributed by atoms with Crippen molar-refractivity contribution in [1.82, 2.24) is 0 Å². The Labute approximate surface area is 119 Å². The van der Waals surface area contributed by atoms with Gasteiger partial charge in [-0.1, -0.05) is 17.7 Å². The highest BCUT2D eigenvalue weighted by Gasteiger charge is 2.02. The van der Waals surface area contributed by atoms with Gasteiger partial charge in [0.25, 0.3) is 0 Å². The van der Waals surface area contributed by atoms with Gasteiger partial charge in [0.15, 0.2) is 0 Å². The van der Waals surface area contributed by atoms with Gasteiger partial charge in [-0.25, -0.2) is 4.39 Å². The van der Waals surface area contributed by atoms with E-state index in [4.69, 9.17) is 11.6 Å². The van der Waals surface area contributed by atoms with Crippen molar-refractivity contribution in [2.45, 2.75) is 13.5 Å². The van der Waals surface area contributed by atoms with Gasteiger partial charge in [-0.05, 0) is 64.3 Å². The molecule has 0 saturated heterocycles. The lowest BCUT2D eigenvalue weighted by molar-refractivity contribution is 0.621. The SMILES string of the molecule is Cc1cc(Cl)ccc1CNc1ccc(Br)c(F)c1. The predicted molar refractivity (Wildman–Crippen MR) is 77.6 cm³/mol. The highest BCUT2D eigenvalue weighted by molar-refractivity contribution is 9.10. The topological polar surface area (TPSA) is 12.0 Å². The maximum absolute atomic E-state index is 13.3. The predicted octanol–water partition coefficient (Wildman–Crippen LogP) is 5.16.